The van der Waals surface area contributed by atoms with Crippen LogP contribution in [0.4, 0.5) is 5.69 Å². The minimum Gasteiger partial charge on any atom is -0.258 e. The highest BCUT2D eigenvalue weighted by molar-refractivity contribution is 5.74. The SMILES string of the molecule is N#Cc1c(-c2ccccc2)nn2cc([N+](=O)[O-])cnc12. The molecule has 0 spiro atoms. The molecule has 7 heteroatoms. The second kappa shape index (κ2) is 4.44. The summed E-state index contributed by atoms with van der Waals surface area (Å²) < 4.78 is 1.26. The maximum absolute atomic E-state index is 10.7. The average molecular weight is 265 g/mol. The summed E-state index contributed by atoms with van der Waals surface area (Å²) in [6.45, 7) is 0. The topological polar surface area (TPSA) is 97.1 Å². The van der Waals surface area contributed by atoms with Gasteiger partial charge in [0.15, 0.2) is 5.65 Å². The molecule has 96 valence electrons. The van der Waals surface area contributed by atoms with Crippen LogP contribution < -0.4 is 0 Å². The molecule has 1 aromatic carbocycles. The second-order valence-electron chi connectivity index (χ2n) is 4.04. The minimum atomic E-state index is -0.553. The van der Waals surface area contributed by atoms with Crippen molar-refractivity contribution in [1.29, 1.82) is 5.26 Å². The Bertz CT molecular complexity index is 848. The van der Waals surface area contributed by atoms with Gasteiger partial charge in [0.1, 0.15) is 29.7 Å². The molecular weight excluding hydrogens is 258 g/mol. The average Bonchev–Trinajstić information content (AvgIpc) is 2.85. The highest BCUT2D eigenvalue weighted by Crippen LogP contribution is 2.25. The molecule has 0 aliphatic heterocycles. The molecule has 3 rings (SSSR count). The van der Waals surface area contributed by atoms with Crippen molar-refractivity contribution in [3.63, 3.8) is 0 Å². The summed E-state index contributed by atoms with van der Waals surface area (Å²) in [6, 6.07) is 11.2. The number of nitriles is 1. The molecule has 20 heavy (non-hydrogen) atoms. The van der Waals surface area contributed by atoms with Gasteiger partial charge in [-0.1, -0.05) is 30.3 Å². The van der Waals surface area contributed by atoms with Gasteiger partial charge in [0.05, 0.1) is 4.92 Å². The predicted molar refractivity (Wildman–Crippen MR) is 69.8 cm³/mol. The zero-order chi connectivity index (χ0) is 14.1. The van der Waals surface area contributed by atoms with Crippen molar-refractivity contribution >= 4 is 11.3 Å². The van der Waals surface area contributed by atoms with Crippen molar-refractivity contribution < 1.29 is 4.92 Å². The molecular formula is C13H7N5O2. The lowest BCUT2D eigenvalue weighted by atomic mass is 10.1. The van der Waals surface area contributed by atoms with E-state index in [-0.39, 0.29) is 5.69 Å². The normalized spacial score (nSPS) is 10.3. The monoisotopic (exact) mass is 265 g/mol. The Balaban J connectivity index is 2.29. The fourth-order valence-electron chi connectivity index (χ4n) is 1.92. The molecule has 3 aromatic rings. The molecule has 0 aliphatic rings. The van der Waals surface area contributed by atoms with Crippen molar-refractivity contribution in [3.05, 3.63) is 58.4 Å². The van der Waals surface area contributed by atoms with E-state index in [2.05, 4.69) is 16.2 Å². The lowest BCUT2D eigenvalue weighted by molar-refractivity contribution is -0.385. The van der Waals surface area contributed by atoms with Crippen molar-refractivity contribution in [3.8, 4) is 17.3 Å². The summed E-state index contributed by atoms with van der Waals surface area (Å²) in [7, 11) is 0. The first-order chi connectivity index (χ1) is 9.70. The van der Waals surface area contributed by atoms with E-state index in [9.17, 15) is 15.4 Å². The van der Waals surface area contributed by atoms with Crippen LogP contribution >= 0.6 is 0 Å². The highest BCUT2D eigenvalue weighted by atomic mass is 16.6. The Morgan fingerprint density at radius 3 is 2.70 bits per heavy atom. The van der Waals surface area contributed by atoms with E-state index in [1.54, 1.807) is 0 Å². The largest absolute Gasteiger partial charge is 0.305 e. The summed E-state index contributed by atoms with van der Waals surface area (Å²) in [5, 5.41) is 24.2. The third kappa shape index (κ3) is 1.76. The van der Waals surface area contributed by atoms with Gasteiger partial charge in [-0.25, -0.2) is 9.50 Å². The lowest BCUT2D eigenvalue weighted by Crippen LogP contribution is -1.95. The van der Waals surface area contributed by atoms with E-state index in [0.717, 1.165) is 11.8 Å². The molecule has 0 amide bonds. The summed E-state index contributed by atoms with van der Waals surface area (Å²) in [6.07, 6.45) is 2.36. The molecule has 0 unspecified atom stereocenters. The smallest absolute Gasteiger partial charge is 0.258 e. The number of fused-ring (bicyclic) bond motifs is 1. The molecule has 0 aliphatic carbocycles. The van der Waals surface area contributed by atoms with Gasteiger partial charge in [-0.3, -0.25) is 10.1 Å². The van der Waals surface area contributed by atoms with Crippen LogP contribution in [0.2, 0.25) is 0 Å². The van der Waals surface area contributed by atoms with Crippen LogP contribution in [-0.4, -0.2) is 19.5 Å². The Morgan fingerprint density at radius 2 is 2.05 bits per heavy atom. The van der Waals surface area contributed by atoms with Gasteiger partial charge in [0.25, 0.3) is 0 Å². The van der Waals surface area contributed by atoms with Gasteiger partial charge in [0, 0.05) is 5.56 Å². The van der Waals surface area contributed by atoms with E-state index < -0.39 is 4.92 Å². The van der Waals surface area contributed by atoms with Crippen LogP contribution in [0, 0.1) is 21.4 Å². The van der Waals surface area contributed by atoms with E-state index >= 15 is 0 Å². The zero-order valence-electron chi connectivity index (χ0n) is 10.1. The third-order valence-corrected chi connectivity index (χ3v) is 2.83. The third-order valence-electron chi connectivity index (χ3n) is 2.83. The number of hydrogen-bond donors (Lipinski definition) is 0. The van der Waals surface area contributed by atoms with Crippen LogP contribution in [0.15, 0.2) is 42.7 Å². The summed E-state index contributed by atoms with van der Waals surface area (Å²) in [4.78, 5) is 14.1. The second-order valence-corrected chi connectivity index (χ2v) is 4.04. The van der Waals surface area contributed by atoms with Gasteiger partial charge in [-0.05, 0) is 0 Å². The lowest BCUT2D eigenvalue weighted by Gasteiger charge is -1.94. The standard InChI is InChI=1S/C13H7N5O2/c14-6-11-12(9-4-2-1-3-5-9)16-17-8-10(18(19)20)7-15-13(11)17/h1-5,7-8H. The predicted octanol–water partition coefficient (Wildman–Crippen LogP) is 2.18. The van der Waals surface area contributed by atoms with E-state index in [0.29, 0.717) is 16.9 Å². The molecule has 0 radical (unpaired) electrons. The molecule has 0 fully saturated rings. The van der Waals surface area contributed by atoms with Crippen molar-refractivity contribution in [2.75, 3.05) is 0 Å². The number of hydrogen-bond acceptors (Lipinski definition) is 5. The first-order valence-corrected chi connectivity index (χ1v) is 5.69. The van der Waals surface area contributed by atoms with E-state index in [4.69, 9.17) is 0 Å². The maximum atomic E-state index is 10.7. The van der Waals surface area contributed by atoms with E-state index in [1.165, 1.54) is 10.7 Å². The summed E-state index contributed by atoms with van der Waals surface area (Å²) >= 11 is 0. The summed E-state index contributed by atoms with van der Waals surface area (Å²) in [5.41, 5.74) is 1.64. The van der Waals surface area contributed by atoms with Gasteiger partial charge in [-0.15, -0.1) is 0 Å². The van der Waals surface area contributed by atoms with Crippen molar-refractivity contribution in [2.45, 2.75) is 0 Å². The number of nitro groups is 1. The Kier molecular flexibility index (Phi) is 2.62. The molecule has 2 heterocycles. The number of benzene rings is 1. The van der Waals surface area contributed by atoms with Gasteiger partial charge in [0.2, 0.25) is 0 Å². The van der Waals surface area contributed by atoms with E-state index in [1.807, 2.05) is 30.3 Å². The summed E-state index contributed by atoms with van der Waals surface area (Å²) in [5.74, 6) is 0. The number of aromatic nitrogens is 3. The van der Waals surface area contributed by atoms with Gasteiger partial charge >= 0.3 is 5.69 Å². The van der Waals surface area contributed by atoms with Crippen LogP contribution in [0.1, 0.15) is 5.56 Å². The highest BCUT2D eigenvalue weighted by Gasteiger charge is 2.17. The number of rotatable bonds is 2. The molecule has 0 N–H and O–H groups in total. The van der Waals surface area contributed by atoms with Crippen molar-refractivity contribution in [1.82, 2.24) is 14.6 Å². The number of nitrogens with zero attached hydrogens (tertiary/aromatic N) is 5. The Labute approximate surface area is 112 Å². The van der Waals surface area contributed by atoms with Gasteiger partial charge in [-0.2, -0.15) is 10.4 Å². The molecule has 0 saturated carbocycles. The van der Waals surface area contributed by atoms with Crippen LogP contribution in [-0.2, 0) is 0 Å². The van der Waals surface area contributed by atoms with Crippen LogP contribution in [0.25, 0.3) is 16.9 Å². The van der Waals surface area contributed by atoms with Crippen LogP contribution in [0.3, 0.4) is 0 Å². The molecule has 0 saturated heterocycles. The quantitative estimate of drug-likeness (QED) is 0.522. The Morgan fingerprint density at radius 1 is 1.30 bits per heavy atom. The van der Waals surface area contributed by atoms with Gasteiger partial charge < -0.3 is 0 Å². The van der Waals surface area contributed by atoms with Crippen molar-refractivity contribution in [2.24, 2.45) is 0 Å². The Hall–Kier alpha value is -3.27. The maximum Gasteiger partial charge on any atom is 0.305 e. The fraction of sp³-hybridized carbons (Fsp3) is 0. The first kappa shape index (κ1) is 11.8. The molecule has 0 bridgehead atoms. The molecule has 2 aromatic heterocycles. The molecule has 7 nitrogen and oxygen atoms in total. The minimum absolute atomic E-state index is 0.177. The fourth-order valence-corrected chi connectivity index (χ4v) is 1.92. The van der Waals surface area contributed by atoms with Crippen LogP contribution in [0.5, 0.6) is 0 Å². The zero-order valence-corrected chi connectivity index (χ0v) is 10.1. The molecule has 0 atom stereocenters. The first-order valence-electron chi connectivity index (χ1n) is 5.69.